The van der Waals surface area contributed by atoms with Gasteiger partial charge < -0.3 is 15.0 Å². The van der Waals surface area contributed by atoms with Crippen LogP contribution in [0.5, 0.6) is 5.75 Å². The second-order valence-corrected chi connectivity index (χ2v) is 7.49. The fraction of sp³-hybridized carbons (Fsp3) is 0.136. The maximum absolute atomic E-state index is 12.7. The molecule has 0 aliphatic carbocycles. The first kappa shape index (κ1) is 18.5. The summed E-state index contributed by atoms with van der Waals surface area (Å²) in [5.74, 6) is -0.0882. The minimum Gasteiger partial charge on any atom is -0.426 e. The number of nitrogens with zero attached hydrogens (tertiary/aromatic N) is 1. The number of carbonyl (C=O) groups excluding carboxylic acids is 1. The average Bonchev–Trinajstić information content (AvgIpc) is 3.30. The van der Waals surface area contributed by atoms with E-state index >= 15 is 0 Å². The summed E-state index contributed by atoms with van der Waals surface area (Å²) in [7, 11) is 0. The van der Waals surface area contributed by atoms with Crippen LogP contribution in [-0.2, 0) is 11.3 Å². The molecular formula is C22H18N2O2S2. The molecule has 2 aromatic carbocycles. The van der Waals surface area contributed by atoms with E-state index in [0.29, 0.717) is 17.2 Å². The number of thiocarbonyl (C=S) groups is 2. The van der Waals surface area contributed by atoms with Crippen molar-refractivity contribution in [2.24, 2.45) is 5.73 Å². The number of ether oxygens (including phenoxy) is 1. The molecule has 0 radical (unpaired) electrons. The minimum absolute atomic E-state index is 0.267. The van der Waals surface area contributed by atoms with E-state index in [9.17, 15) is 4.79 Å². The van der Waals surface area contributed by atoms with Crippen LogP contribution in [0.25, 0.3) is 0 Å². The van der Waals surface area contributed by atoms with Gasteiger partial charge in [-0.2, -0.15) is 0 Å². The Labute approximate surface area is 173 Å². The van der Waals surface area contributed by atoms with Crippen LogP contribution in [0.3, 0.4) is 0 Å². The summed E-state index contributed by atoms with van der Waals surface area (Å²) in [5, 5.41) is 0. The highest BCUT2D eigenvalue weighted by atomic mass is 32.1. The SMILES string of the molecule is NC(=S)c1ccc(OC(=O)C2CCn3c(C(=S)c4ccccc4)ccc32)cc1. The Morgan fingerprint density at radius 3 is 2.36 bits per heavy atom. The monoisotopic (exact) mass is 406 g/mol. The summed E-state index contributed by atoms with van der Waals surface area (Å²) in [5.41, 5.74) is 9.25. The van der Waals surface area contributed by atoms with Crippen molar-refractivity contribution in [2.45, 2.75) is 18.9 Å². The Morgan fingerprint density at radius 2 is 1.68 bits per heavy atom. The molecule has 4 nitrogen and oxygen atoms in total. The highest BCUT2D eigenvalue weighted by Gasteiger charge is 2.32. The molecule has 2 N–H and O–H groups in total. The number of esters is 1. The first-order valence-electron chi connectivity index (χ1n) is 8.95. The van der Waals surface area contributed by atoms with Crippen molar-refractivity contribution in [2.75, 3.05) is 0 Å². The zero-order chi connectivity index (χ0) is 19.7. The van der Waals surface area contributed by atoms with Crippen LogP contribution in [-0.4, -0.2) is 20.4 Å². The summed E-state index contributed by atoms with van der Waals surface area (Å²) >= 11 is 10.6. The molecule has 0 saturated carbocycles. The molecule has 1 aliphatic heterocycles. The molecule has 0 amide bonds. The number of hydrogen-bond acceptors (Lipinski definition) is 4. The average molecular weight is 407 g/mol. The molecule has 1 aliphatic rings. The van der Waals surface area contributed by atoms with Gasteiger partial charge in [0.1, 0.15) is 10.7 Å². The van der Waals surface area contributed by atoms with E-state index in [1.165, 1.54) is 0 Å². The van der Waals surface area contributed by atoms with Crippen LogP contribution >= 0.6 is 24.4 Å². The second kappa shape index (κ2) is 7.66. The van der Waals surface area contributed by atoms with E-state index in [0.717, 1.165) is 33.9 Å². The van der Waals surface area contributed by atoms with Gasteiger partial charge in [0.25, 0.3) is 0 Å². The molecule has 140 valence electrons. The number of fused-ring (bicyclic) bond motifs is 1. The number of aromatic nitrogens is 1. The number of nitrogens with two attached hydrogens (primary N) is 1. The largest absolute Gasteiger partial charge is 0.426 e. The van der Waals surface area contributed by atoms with E-state index in [-0.39, 0.29) is 11.9 Å². The van der Waals surface area contributed by atoms with E-state index in [1.807, 2.05) is 42.5 Å². The van der Waals surface area contributed by atoms with Crippen molar-refractivity contribution in [3.8, 4) is 5.75 Å². The van der Waals surface area contributed by atoms with E-state index < -0.39 is 0 Å². The summed E-state index contributed by atoms with van der Waals surface area (Å²) in [6.07, 6.45) is 0.699. The van der Waals surface area contributed by atoms with Gasteiger partial charge in [0, 0.05) is 17.8 Å². The smallest absolute Gasteiger partial charge is 0.320 e. The lowest BCUT2D eigenvalue weighted by atomic mass is 10.1. The lowest BCUT2D eigenvalue weighted by Gasteiger charge is -2.10. The molecule has 4 rings (SSSR count). The Balaban J connectivity index is 1.52. The molecule has 1 atom stereocenters. The summed E-state index contributed by atoms with van der Waals surface area (Å²) in [6.45, 7) is 0.741. The normalized spacial score (nSPS) is 15.1. The van der Waals surface area contributed by atoms with Crippen LogP contribution in [0.4, 0.5) is 0 Å². The molecule has 0 bridgehead atoms. The topological polar surface area (TPSA) is 57.2 Å². The molecule has 6 heteroatoms. The first-order chi connectivity index (χ1) is 13.5. The zero-order valence-electron chi connectivity index (χ0n) is 15.0. The quantitative estimate of drug-likeness (QED) is 0.301. The standard InChI is InChI=1S/C22H18N2O2S2/c23-21(28)15-6-8-16(9-7-15)26-22(25)17-12-13-24-18(17)10-11-19(24)20(27)14-4-2-1-3-5-14/h1-11,17H,12-13H2,(H2,23,28). The van der Waals surface area contributed by atoms with Gasteiger partial charge >= 0.3 is 5.97 Å². The van der Waals surface area contributed by atoms with Crippen LogP contribution in [0.15, 0.2) is 66.7 Å². The van der Waals surface area contributed by atoms with Crippen LogP contribution < -0.4 is 10.5 Å². The van der Waals surface area contributed by atoms with Crippen molar-refractivity contribution in [1.82, 2.24) is 4.57 Å². The minimum atomic E-state index is -0.303. The Bertz CT molecular complexity index is 1060. The molecule has 0 fully saturated rings. The fourth-order valence-electron chi connectivity index (χ4n) is 3.49. The number of hydrogen-bond donors (Lipinski definition) is 1. The van der Waals surface area contributed by atoms with Gasteiger partial charge in [-0.1, -0.05) is 54.8 Å². The van der Waals surface area contributed by atoms with Crippen molar-refractivity contribution < 1.29 is 9.53 Å². The van der Waals surface area contributed by atoms with Crippen LogP contribution in [0.1, 0.15) is 34.9 Å². The molecule has 2 heterocycles. The Morgan fingerprint density at radius 1 is 0.964 bits per heavy atom. The highest BCUT2D eigenvalue weighted by molar-refractivity contribution is 7.81. The number of rotatable bonds is 5. The molecule has 0 saturated heterocycles. The molecule has 1 unspecified atom stereocenters. The summed E-state index contributed by atoms with van der Waals surface area (Å²) in [4.78, 5) is 13.8. The Hall–Kier alpha value is -2.83. The summed E-state index contributed by atoms with van der Waals surface area (Å²) in [6, 6.07) is 20.8. The van der Waals surface area contributed by atoms with Gasteiger partial charge in [0.05, 0.1) is 16.5 Å². The Kier molecular flexibility index (Phi) is 5.07. The maximum atomic E-state index is 12.7. The third-order valence-corrected chi connectivity index (χ3v) is 5.60. The van der Waals surface area contributed by atoms with Gasteiger partial charge in [-0.25, -0.2) is 0 Å². The third-order valence-electron chi connectivity index (χ3n) is 4.92. The second-order valence-electron chi connectivity index (χ2n) is 6.64. The van der Waals surface area contributed by atoms with Gasteiger partial charge in [-0.15, -0.1) is 0 Å². The van der Waals surface area contributed by atoms with E-state index in [4.69, 9.17) is 34.9 Å². The molecule has 3 aromatic rings. The maximum Gasteiger partial charge on any atom is 0.320 e. The molecule has 0 spiro atoms. The lowest BCUT2D eigenvalue weighted by Crippen LogP contribution is -2.17. The van der Waals surface area contributed by atoms with Crippen LogP contribution in [0.2, 0.25) is 0 Å². The molecule has 28 heavy (non-hydrogen) atoms. The summed E-state index contributed by atoms with van der Waals surface area (Å²) < 4.78 is 7.70. The van der Waals surface area contributed by atoms with Gasteiger partial charge in [-0.3, -0.25) is 4.79 Å². The van der Waals surface area contributed by atoms with Crippen LogP contribution in [0, 0.1) is 0 Å². The predicted octanol–water partition coefficient (Wildman–Crippen LogP) is 3.98. The fourth-order valence-corrected chi connectivity index (χ4v) is 3.94. The van der Waals surface area contributed by atoms with Gasteiger partial charge in [0.2, 0.25) is 0 Å². The van der Waals surface area contributed by atoms with E-state index in [2.05, 4.69) is 4.57 Å². The third kappa shape index (κ3) is 3.48. The number of carbonyl (C=O) groups is 1. The molecule has 1 aromatic heterocycles. The lowest BCUT2D eigenvalue weighted by molar-refractivity contribution is -0.136. The zero-order valence-corrected chi connectivity index (χ0v) is 16.6. The van der Waals surface area contributed by atoms with Gasteiger partial charge in [-0.05, 0) is 48.4 Å². The van der Waals surface area contributed by atoms with Crippen molar-refractivity contribution in [1.29, 1.82) is 0 Å². The predicted molar refractivity (Wildman–Crippen MR) is 117 cm³/mol. The van der Waals surface area contributed by atoms with E-state index in [1.54, 1.807) is 24.3 Å². The van der Waals surface area contributed by atoms with Crippen molar-refractivity contribution >= 4 is 40.3 Å². The van der Waals surface area contributed by atoms with Crippen molar-refractivity contribution in [3.05, 3.63) is 89.2 Å². The number of benzene rings is 2. The van der Waals surface area contributed by atoms with Gasteiger partial charge in [0.15, 0.2) is 0 Å². The van der Waals surface area contributed by atoms with Crippen molar-refractivity contribution in [3.63, 3.8) is 0 Å². The molecular weight excluding hydrogens is 388 g/mol. The highest BCUT2D eigenvalue weighted by Crippen LogP contribution is 2.33. The first-order valence-corrected chi connectivity index (χ1v) is 9.77.